The molecule has 0 bridgehead atoms. The molecule has 0 nitrogen and oxygen atoms in total. The fraction of sp³-hybridized carbons (Fsp3) is 0.500. The van der Waals surface area contributed by atoms with Crippen molar-refractivity contribution in [1.29, 1.82) is 0 Å². The molecule has 0 aromatic heterocycles. The molecule has 0 heterocycles. The fourth-order valence-corrected chi connectivity index (χ4v) is 0.535. The van der Waals surface area contributed by atoms with Gasteiger partial charge < -0.3 is 0 Å². The molecule has 0 atom stereocenters. The lowest BCUT2D eigenvalue weighted by molar-refractivity contribution is 1.44. The van der Waals surface area contributed by atoms with Crippen LogP contribution in [-0.2, 0) is 0 Å². The minimum absolute atomic E-state index is 0.369. The third-order valence-corrected chi connectivity index (χ3v) is 0.952. The zero-order chi connectivity index (χ0) is 6.62. The molecule has 0 amide bonds. The maximum Gasteiger partial charge on any atom is 0.209 e. The first-order valence-electron chi connectivity index (χ1n) is 1.86. The molecule has 4 heteroatoms. The lowest BCUT2D eigenvalue weighted by atomic mass is 10.6. The molecule has 0 saturated heterocycles. The van der Waals surface area contributed by atoms with Crippen LogP contribution in [0.25, 0.3) is 0 Å². The van der Waals surface area contributed by atoms with Gasteiger partial charge in [-0.1, -0.05) is 40.9 Å². The number of hydrogen-bond acceptors (Lipinski definition) is 0. The van der Waals surface area contributed by atoms with E-state index < -0.39 is 3.79 Å². The monoisotopic (exact) mass is 192 g/mol. The Morgan fingerprint density at radius 3 is 1.88 bits per heavy atom. The standard InChI is InChI=1S/C4H4Cl4/c5-3-1-2-4(6,7)8/h1-2H,3H2. The molecule has 0 aliphatic carbocycles. The number of halogens is 4. The van der Waals surface area contributed by atoms with Gasteiger partial charge in [-0.3, -0.25) is 0 Å². The van der Waals surface area contributed by atoms with Crippen LogP contribution in [0.5, 0.6) is 0 Å². The van der Waals surface area contributed by atoms with Crippen LogP contribution in [0.4, 0.5) is 0 Å². The van der Waals surface area contributed by atoms with E-state index in [1.54, 1.807) is 6.08 Å². The first kappa shape index (κ1) is 8.90. The Balaban J connectivity index is 3.52. The summed E-state index contributed by atoms with van der Waals surface area (Å²) in [4.78, 5) is 0. The Hall–Kier alpha value is 0.900. The maximum absolute atomic E-state index is 5.30. The molecule has 0 unspecified atom stereocenters. The molecule has 0 fully saturated rings. The molecule has 0 rings (SSSR count). The van der Waals surface area contributed by atoms with Gasteiger partial charge in [0.15, 0.2) is 0 Å². The second-order valence-corrected chi connectivity index (χ2v) is 3.78. The van der Waals surface area contributed by atoms with E-state index in [9.17, 15) is 0 Å². The van der Waals surface area contributed by atoms with Crippen molar-refractivity contribution >= 4 is 46.4 Å². The smallest absolute Gasteiger partial charge is 0.122 e. The quantitative estimate of drug-likeness (QED) is 0.444. The Morgan fingerprint density at radius 2 is 1.75 bits per heavy atom. The second-order valence-electron chi connectivity index (χ2n) is 1.10. The van der Waals surface area contributed by atoms with E-state index in [1.807, 2.05) is 0 Å². The molecule has 0 N–H and O–H groups in total. The van der Waals surface area contributed by atoms with Gasteiger partial charge in [-0.15, -0.1) is 11.6 Å². The first-order valence-corrected chi connectivity index (χ1v) is 3.53. The first-order chi connectivity index (χ1) is 3.56. The summed E-state index contributed by atoms with van der Waals surface area (Å²) in [5.74, 6) is 0.369. The summed E-state index contributed by atoms with van der Waals surface area (Å²) in [6.45, 7) is 0. The Labute approximate surface area is 68.4 Å². The van der Waals surface area contributed by atoms with E-state index in [2.05, 4.69) is 0 Å². The Bertz CT molecular complexity index is 80.5. The van der Waals surface area contributed by atoms with Gasteiger partial charge in [0.05, 0.1) is 0 Å². The molecule has 8 heavy (non-hydrogen) atoms. The van der Waals surface area contributed by atoms with Crippen molar-refractivity contribution in [3.8, 4) is 0 Å². The molecular weight excluding hydrogens is 190 g/mol. The average molecular weight is 194 g/mol. The van der Waals surface area contributed by atoms with E-state index in [4.69, 9.17) is 46.4 Å². The van der Waals surface area contributed by atoms with E-state index >= 15 is 0 Å². The number of allylic oxidation sites excluding steroid dienone is 2. The fourth-order valence-electron chi connectivity index (χ4n) is 0.178. The van der Waals surface area contributed by atoms with Gasteiger partial charge >= 0.3 is 0 Å². The maximum atomic E-state index is 5.30. The van der Waals surface area contributed by atoms with E-state index in [0.717, 1.165) is 0 Å². The molecular formula is C4H4Cl4. The normalized spacial score (nSPS) is 13.0. The van der Waals surface area contributed by atoms with Crippen LogP contribution in [0.2, 0.25) is 0 Å². The van der Waals surface area contributed by atoms with Crippen LogP contribution in [0, 0.1) is 0 Å². The van der Waals surface area contributed by atoms with Crippen molar-refractivity contribution in [2.24, 2.45) is 0 Å². The van der Waals surface area contributed by atoms with Gasteiger partial charge in [-0.25, -0.2) is 0 Å². The molecule has 48 valence electrons. The molecule has 0 aliphatic heterocycles. The van der Waals surface area contributed by atoms with Crippen LogP contribution >= 0.6 is 46.4 Å². The van der Waals surface area contributed by atoms with Crippen LogP contribution in [0.1, 0.15) is 0 Å². The van der Waals surface area contributed by atoms with Crippen molar-refractivity contribution in [2.45, 2.75) is 3.79 Å². The van der Waals surface area contributed by atoms with E-state index in [1.165, 1.54) is 6.08 Å². The second kappa shape index (κ2) is 3.84. The van der Waals surface area contributed by atoms with Crippen molar-refractivity contribution in [1.82, 2.24) is 0 Å². The zero-order valence-corrected chi connectivity index (χ0v) is 6.90. The summed E-state index contributed by atoms with van der Waals surface area (Å²) in [6.07, 6.45) is 2.99. The highest BCUT2D eigenvalue weighted by Gasteiger charge is 2.12. The summed E-state index contributed by atoms with van der Waals surface area (Å²) in [5.41, 5.74) is 0. The molecule has 0 aromatic carbocycles. The lowest BCUT2D eigenvalue weighted by Gasteiger charge is -1.99. The third-order valence-electron chi connectivity index (χ3n) is 0.396. The van der Waals surface area contributed by atoms with E-state index in [-0.39, 0.29) is 0 Å². The minimum Gasteiger partial charge on any atom is -0.122 e. The summed E-state index contributed by atoms with van der Waals surface area (Å²) in [7, 11) is 0. The van der Waals surface area contributed by atoms with Gasteiger partial charge in [0.1, 0.15) is 0 Å². The summed E-state index contributed by atoms with van der Waals surface area (Å²) in [6, 6.07) is 0. The van der Waals surface area contributed by atoms with Crippen molar-refractivity contribution < 1.29 is 0 Å². The van der Waals surface area contributed by atoms with Crippen LogP contribution in [0.15, 0.2) is 12.2 Å². The van der Waals surface area contributed by atoms with E-state index in [0.29, 0.717) is 5.88 Å². The molecule has 0 aliphatic rings. The van der Waals surface area contributed by atoms with Crippen molar-refractivity contribution in [3.63, 3.8) is 0 Å². The highest BCUT2D eigenvalue weighted by atomic mass is 35.6. The summed E-state index contributed by atoms with van der Waals surface area (Å²) in [5, 5.41) is 0. The largest absolute Gasteiger partial charge is 0.209 e. The number of rotatable bonds is 1. The van der Waals surface area contributed by atoms with Crippen LogP contribution in [-0.4, -0.2) is 9.67 Å². The summed E-state index contributed by atoms with van der Waals surface area (Å²) < 4.78 is -1.30. The lowest BCUT2D eigenvalue weighted by Crippen LogP contribution is -1.93. The highest BCUT2D eigenvalue weighted by Crippen LogP contribution is 2.27. The molecule has 0 spiro atoms. The predicted octanol–water partition coefficient (Wildman–Crippen LogP) is 3.15. The Morgan fingerprint density at radius 1 is 1.25 bits per heavy atom. The van der Waals surface area contributed by atoms with Gasteiger partial charge in [0.25, 0.3) is 0 Å². The topological polar surface area (TPSA) is 0 Å². The Kier molecular flexibility index (Phi) is 4.27. The minimum atomic E-state index is -1.30. The predicted molar refractivity (Wildman–Crippen MR) is 40.2 cm³/mol. The average Bonchev–Trinajstić information content (AvgIpc) is 1.59. The van der Waals surface area contributed by atoms with Gasteiger partial charge in [0, 0.05) is 5.88 Å². The molecule has 0 radical (unpaired) electrons. The molecule has 0 saturated carbocycles. The zero-order valence-electron chi connectivity index (χ0n) is 3.87. The van der Waals surface area contributed by atoms with Gasteiger partial charge in [-0.05, 0) is 6.08 Å². The molecule has 0 aromatic rings. The van der Waals surface area contributed by atoms with Gasteiger partial charge in [-0.2, -0.15) is 0 Å². The third kappa shape index (κ3) is 6.90. The summed E-state index contributed by atoms with van der Waals surface area (Å²) >= 11 is 21.1. The highest BCUT2D eigenvalue weighted by molar-refractivity contribution is 6.68. The van der Waals surface area contributed by atoms with Crippen LogP contribution < -0.4 is 0 Å². The van der Waals surface area contributed by atoms with Crippen LogP contribution in [0.3, 0.4) is 0 Å². The van der Waals surface area contributed by atoms with Crippen molar-refractivity contribution in [3.05, 3.63) is 12.2 Å². The SMILES string of the molecule is ClCC=CC(Cl)(Cl)Cl. The van der Waals surface area contributed by atoms with Gasteiger partial charge in [0.2, 0.25) is 3.79 Å². The number of alkyl halides is 4. The van der Waals surface area contributed by atoms with Crippen molar-refractivity contribution in [2.75, 3.05) is 5.88 Å². The number of hydrogen-bond donors (Lipinski definition) is 0.